The topological polar surface area (TPSA) is 317 Å². The first-order valence-corrected chi connectivity index (χ1v) is 23.2. The van der Waals surface area contributed by atoms with Crippen molar-refractivity contribution in [3.05, 3.63) is 29.8 Å². The minimum atomic E-state index is -1.28. The Balaban J connectivity index is 1.54. The lowest BCUT2D eigenvalue weighted by molar-refractivity contribution is -0.142. The molecule has 24 nitrogen and oxygen atoms in total. The number of rotatable bonds is 28. The minimum Gasteiger partial charge on any atom is -0.480 e. The average Bonchev–Trinajstić information content (AvgIpc) is 3.26. The molecule has 378 valence electrons. The molecule has 1 unspecified atom stereocenters. The lowest BCUT2D eigenvalue weighted by atomic mass is 10.0. The highest BCUT2D eigenvalue weighted by Gasteiger charge is 2.28. The Morgan fingerprint density at radius 3 is 1.56 bits per heavy atom. The second-order valence-electron chi connectivity index (χ2n) is 17.3. The Morgan fingerprint density at radius 1 is 0.544 bits per heavy atom. The summed E-state index contributed by atoms with van der Waals surface area (Å²) in [6.45, 7) is 2.05. The first-order chi connectivity index (χ1) is 32.6. The van der Waals surface area contributed by atoms with Gasteiger partial charge in [0.15, 0.2) is 0 Å². The Morgan fingerprint density at radius 2 is 1.03 bits per heavy atom. The SMILES string of the molecule is O=C(O)CN1CCN(CC(=O)O)CCN(CC(=O)O)C(Cc2ccc(Nc3nc(N4CCN(CCCCCCCCCCO)CC4)nc(N(CC(=O)O)CC(=O)O)n3)cc2)CN(CC(=O)O)CC1. The predicted octanol–water partition coefficient (Wildman–Crippen LogP) is 0.297. The fourth-order valence-electron chi connectivity index (χ4n) is 8.38. The summed E-state index contributed by atoms with van der Waals surface area (Å²) < 4.78 is 0. The van der Waals surface area contributed by atoms with E-state index in [0.717, 1.165) is 62.2 Å². The molecule has 2 fully saturated rings. The fourth-order valence-corrected chi connectivity index (χ4v) is 8.38. The third-order valence-electron chi connectivity index (χ3n) is 11.8. The Hall–Kier alpha value is -5.79. The normalized spacial score (nSPS) is 17.5. The number of carboxylic acid groups (broad SMARTS) is 6. The third-order valence-corrected chi connectivity index (χ3v) is 11.8. The van der Waals surface area contributed by atoms with Crippen molar-refractivity contribution in [1.82, 2.24) is 39.5 Å². The number of aliphatic hydroxyl groups excluding tert-OH is 1. The molecule has 1 atom stereocenters. The first-order valence-electron chi connectivity index (χ1n) is 23.2. The number of carbonyl (C=O) groups is 6. The van der Waals surface area contributed by atoms with Crippen molar-refractivity contribution in [2.45, 2.75) is 63.8 Å². The van der Waals surface area contributed by atoms with Crippen molar-refractivity contribution < 1.29 is 64.5 Å². The molecule has 68 heavy (non-hydrogen) atoms. The molecule has 4 rings (SSSR count). The molecule has 0 saturated carbocycles. The van der Waals surface area contributed by atoms with Gasteiger partial charge in [0.25, 0.3) is 0 Å². The van der Waals surface area contributed by atoms with E-state index >= 15 is 0 Å². The molecule has 1 aromatic heterocycles. The van der Waals surface area contributed by atoms with E-state index in [4.69, 9.17) is 5.11 Å². The maximum absolute atomic E-state index is 12.2. The van der Waals surface area contributed by atoms with E-state index in [2.05, 4.69) is 25.2 Å². The van der Waals surface area contributed by atoms with Gasteiger partial charge in [-0.25, -0.2) is 0 Å². The largest absolute Gasteiger partial charge is 0.480 e. The first kappa shape index (κ1) is 54.8. The lowest BCUT2D eigenvalue weighted by Crippen LogP contribution is -2.53. The van der Waals surface area contributed by atoms with Crippen LogP contribution in [0.2, 0.25) is 0 Å². The van der Waals surface area contributed by atoms with Crippen LogP contribution < -0.4 is 15.1 Å². The van der Waals surface area contributed by atoms with Gasteiger partial charge in [-0.15, -0.1) is 0 Å². The number of carboxylic acids is 6. The van der Waals surface area contributed by atoms with Gasteiger partial charge in [-0.05, 0) is 43.5 Å². The molecule has 2 saturated heterocycles. The smallest absolute Gasteiger partial charge is 0.323 e. The van der Waals surface area contributed by atoms with E-state index < -0.39 is 61.5 Å². The van der Waals surface area contributed by atoms with Crippen molar-refractivity contribution in [3.8, 4) is 0 Å². The number of unbranched alkanes of at least 4 members (excludes halogenated alkanes) is 7. The van der Waals surface area contributed by atoms with E-state index in [-0.39, 0.29) is 96.3 Å². The summed E-state index contributed by atoms with van der Waals surface area (Å²) >= 11 is 0. The highest BCUT2D eigenvalue weighted by molar-refractivity contribution is 5.78. The van der Waals surface area contributed by atoms with Gasteiger partial charge in [0.2, 0.25) is 17.8 Å². The Bertz CT molecular complexity index is 1910. The quantitative estimate of drug-likeness (QED) is 0.0532. The number of nitrogens with one attached hydrogen (secondary N) is 1. The van der Waals surface area contributed by atoms with Gasteiger partial charge in [0.05, 0.1) is 26.2 Å². The molecule has 2 aromatic rings. The molecule has 24 heteroatoms. The summed E-state index contributed by atoms with van der Waals surface area (Å²) in [7, 11) is 0. The van der Waals surface area contributed by atoms with Crippen LogP contribution in [0.15, 0.2) is 24.3 Å². The number of benzene rings is 1. The molecular formula is C44H69N11O13. The number of hydrogen-bond donors (Lipinski definition) is 8. The van der Waals surface area contributed by atoms with Crippen LogP contribution >= 0.6 is 0 Å². The van der Waals surface area contributed by atoms with E-state index in [0.29, 0.717) is 18.8 Å². The number of aliphatic carboxylic acids is 6. The Kier molecular flexibility index (Phi) is 23.5. The standard InChI is InChI=1S/C44H69N11O13/c56-24-8-6-4-2-1-3-5-7-13-49-18-21-53(22-19-49)43-46-42(47-44(48-43)55(31-40(65)66)32-41(67)68)45-34-11-9-33(10-12-34)25-35-26-52(29-38(61)62)17-16-50(27-36(57)58)14-15-51(28-37(59)60)20-23-54(35)30-39(63)64/h9-12,35,56H,1-8,13-32H2,(H,57,58)(H,59,60)(H,61,62)(H,63,64)(H,65,66)(H,67,68)(H,45,46,47,48). The molecule has 0 radical (unpaired) electrons. The van der Waals surface area contributed by atoms with Crippen LogP contribution in [0, 0.1) is 0 Å². The fraction of sp³-hybridized carbons (Fsp3) is 0.659. The van der Waals surface area contributed by atoms with Crippen LogP contribution in [0.5, 0.6) is 0 Å². The summed E-state index contributed by atoms with van der Waals surface area (Å²) in [5.41, 5.74) is 1.25. The van der Waals surface area contributed by atoms with Crippen molar-refractivity contribution >= 4 is 59.3 Å². The highest BCUT2D eigenvalue weighted by atomic mass is 16.4. The number of hydrogen-bond acceptors (Lipinski definition) is 18. The van der Waals surface area contributed by atoms with Crippen LogP contribution in [-0.2, 0) is 35.2 Å². The van der Waals surface area contributed by atoms with Crippen LogP contribution in [0.25, 0.3) is 0 Å². The molecule has 8 N–H and O–H groups in total. The summed E-state index contributed by atoms with van der Waals surface area (Å²) in [5, 5.41) is 70.3. The van der Waals surface area contributed by atoms with Crippen molar-refractivity contribution in [2.24, 2.45) is 0 Å². The molecular weight excluding hydrogens is 891 g/mol. The van der Waals surface area contributed by atoms with Crippen LogP contribution in [0.1, 0.15) is 56.9 Å². The second-order valence-corrected chi connectivity index (χ2v) is 17.3. The van der Waals surface area contributed by atoms with Gasteiger partial charge in [-0.1, -0.05) is 50.7 Å². The number of anilines is 4. The summed E-state index contributed by atoms with van der Waals surface area (Å²) in [6, 6.07) is 6.45. The zero-order chi connectivity index (χ0) is 49.4. The molecule has 0 spiro atoms. The summed E-state index contributed by atoms with van der Waals surface area (Å²) in [5.74, 6) is -6.84. The van der Waals surface area contributed by atoms with Crippen LogP contribution in [-0.4, -0.2) is 241 Å². The van der Waals surface area contributed by atoms with E-state index in [1.54, 1.807) is 43.9 Å². The number of aliphatic hydroxyl groups is 1. The molecule has 1 aromatic carbocycles. The molecule has 0 aliphatic carbocycles. The summed E-state index contributed by atoms with van der Waals surface area (Å²) in [4.78, 5) is 96.9. The number of piperazine rings is 1. The van der Waals surface area contributed by atoms with Crippen molar-refractivity contribution in [1.29, 1.82) is 0 Å². The van der Waals surface area contributed by atoms with Gasteiger partial charge in [0.1, 0.15) is 13.1 Å². The zero-order valence-corrected chi connectivity index (χ0v) is 38.7. The van der Waals surface area contributed by atoms with Gasteiger partial charge in [-0.3, -0.25) is 53.3 Å². The minimum absolute atomic E-state index is 0.0384. The van der Waals surface area contributed by atoms with E-state index in [1.165, 1.54) is 19.3 Å². The molecule has 2 aliphatic rings. The summed E-state index contributed by atoms with van der Waals surface area (Å²) in [6.07, 6.45) is 9.05. The predicted molar refractivity (Wildman–Crippen MR) is 249 cm³/mol. The van der Waals surface area contributed by atoms with Gasteiger partial charge in [0, 0.05) is 90.3 Å². The second kappa shape index (κ2) is 29.2. The number of nitrogens with zero attached hydrogens (tertiary/aromatic N) is 10. The monoisotopic (exact) mass is 960 g/mol. The molecule has 3 heterocycles. The van der Waals surface area contributed by atoms with Crippen LogP contribution in [0.3, 0.4) is 0 Å². The maximum Gasteiger partial charge on any atom is 0.323 e. The highest BCUT2D eigenvalue weighted by Crippen LogP contribution is 2.23. The number of aromatic nitrogens is 3. The van der Waals surface area contributed by atoms with Crippen molar-refractivity contribution in [2.75, 3.05) is 140 Å². The molecule has 0 bridgehead atoms. The van der Waals surface area contributed by atoms with E-state index in [1.807, 2.05) is 4.90 Å². The Labute approximate surface area is 395 Å². The maximum atomic E-state index is 12.2. The average molecular weight is 960 g/mol. The van der Waals surface area contributed by atoms with Gasteiger partial charge in [-0.2, -0.15) is 15.0 Å². The molecule has 2 aliphatic heterocycles. The van der Waals surface area contributed by atoms with Gasteiger partial charge >= 0.3 is 35.8 Å². The lowest BCUT2D eigenvalue weighted by Gasteiger charge is -2.37. The zero-order valence-electron chi connectivity index (χ0n) is 38.7. The van der Waals surface area contributed by atoms with E-state index in [9.17, 15) is 59.4 Å². The third kappa shape index (κ3) is 21.0. The van der Waals surface area contributed by atoms with Crippen LogP contribution in [0.4, 0.5) is 23.5 Å². The van der Waals surface area contributed by atoms with Crippen molar-refractivity contribution in [3.63, 3.8) is 0 Å². The molecule has 0 amide bonds. The van der Waals surface area contributed by atoms with Gasteiger partial charge < -0.3 is 50.9 Å².